The van der Waals surface area contributed by atoms with Gasteiger partial charge in [-0.1, -0.05) is 0 Å². The third kappa shape index (κ3) is 3.18. The number of aliphatic carboxylic acids is 1. The normalized spacial score (nSPS) is 25.5. The highest BCUT2D eigenvalue weighted by atomic mass is 16.6. The van der Waals surface area contributed by atoms with Crippen LogP contribution in [0.25, 0.3) is 0 Å². The third-order valence-corrected chi connectivity index (χ3v) is 4.04. The van der Waals surface area contributed by atoms with E-state index in [9.17, 15) is 14.7 Å². The quantitative estimate of drug-likeness (QED) is 0.833. The standard InChI is InChI=1S/C13H22N2O4/c1-2-19-13(18)14-8-5-10(6-9-14)15-7-3-4-11(15)12(16)17/h10-11H,2-9H2,1H3,(H,16,17). The van der Waals surface area contributed by atoms with Crippen molar-refractivity contribution in [2.75, 3.05) is 26.2 Å². The fraction of sp³-hybridized carbons (Fsp3) is 0.846. The first kappa shape index (κ1) is 14.1. The molecule has 0 aromatic rings. The molecule has 0 aromatic heterocycles. The van der Waals surface area contributed by atoms with E-state index in [1.807, 2.05) is 0 Å². The molecule has 2 heterocycles. The summed E-state index contributed by atoms with van der Waals surface area (Å²) in [4.78, 5) is 26.6. The fourth-order valence-electron chi connectivity index (χ4n) is 3.09. The molecule has 2 fully saturated rings. The minimum absolute atomic E-state index is 0.253. The highest BCUT2D eigenvalue weighted by Crippen LogP contribution is 2.26. The number of ether oxygens (including phenoxy) is 1. The summed E-state index contributed by atoms with van der Waals surface area (Å²) in [6.07, 6.45) is 3.12. The zero-order valence-electron chi connectivity index (χ0n) is 11.4. The van der Waals surface area contributed by atoms with Crippen LogP contribution in [0.1, 0.15) is 32.6 Å². The number of carboxylic acid groups (broad SMARTS) is 1. The monoisotopic (exact) mass is 270 g/mol. The van der Waals surface area contributed by atoms with Crippen molar-refractivity contribution in [3.8, 4) is 0 Å². The van der Waals surface area contributed by atoms with E-state index in [1.165, 1.54) is 0 Å². The summed E-state index contributed by atoms with van der Waals surface area (Å²) >= 11 is 0. The summed E-state index contributed by atoms with van der Waals surface area (Å²) in [6.45, 7) is 4.37. The number of carbonyl (C=O) groups excluding carboxylic acids is 1. The van der Waals surface area contributed by atoms with Crippen LogP contribution in [0.15, 0.2) is 0 Å². The van der Waals surface area contributed by atoms with Crippen molar-refractivity contribution in [1.82, 2.24) is 9.80 Å². The molecule has 2 aliphatic rings. The molecule has 1 amide bonds. The number of hydrogen-bond donors (Lipinski definition) is 1. The molecule has 0 aromatic carbocycles. The zero-order chi connectivity index (χ0) is 13.8. The van der Waals surface area contributed by atoms with Gasteiger partial charge in [0.1, 0.15) is 6.04 Å². The fourth-order valence-corrected chi connectivity index (χ4v) is 3.09. The summed E-state index contributed by atoms with van der Waals surface area (Å²) in [5.41, 5.74) is 0. The lowest BCUT2D eigenvalue weighted by Crippen LogP contribution is -2.50. The summed E-state index contributed by atoms with van der Waals surface area (Å²) < 4.78 is 4.98. The SMILES string of the molecule is CCOC(=O)N1CCC(N2CCCC2C(=O)O)CC1. The van der Waals surface area contributed by atoms with Gasteiger partial charge in [-0.3, -0.25) is 9.69 Å². The lowest BCUT2D eigenvalue weighted by molar-refractivity contribution is -0.143. The number of carboxylic acids is 1. The molecule has 2 rings (SSSR count). The van der Waals surface area contributed by atoms with Crippen LogP contribution in [0.2, 0.25) is 0 Å². The average molecular weight is 270 g/mol. The van der Waals surface area contributed by atoms with Gasteiger partial charge in [0, 0.05) is 19.1 Å². The Bertz CT molecular complexity index is 340. The summed E-state index contributed by atoms with van der Waals surface area (Å²) in [6, 6.07) is -0.0478. The maximum atomic E-state index is 11.6. The Kier molecular flexibility index (Phi) is 4.63. The highest BCUT2D eigenvalue weighted by Gasteiger charge is 2.37. The molecule has 0 aliphatic carbocycles. The molecule has 2 saturated heterocycles. The number of piperidine rings is 1. The topological polar surface area (TPSA) is 70.1 Å². The molecule has 1 atom stereocenters. The largest absolute Gasteiger partial charge is 0.480 e. The molecule has 0 bridgehead atoms. The Labute approximate surface area is 113 Å². The van der Waals surface area contributed by atoms with Crippen LogP contribution in [0.4, 0.5) is 4.79 Å². The van der Waals surface area contributed by atoms with E-state index in [0.29, 0.717) is 19.7 Å². The van der Waals surface area contributed by atoms with E-state index in [2.05, 4.69) is 4.90 Å². The van der Waals surface area contributed by atoms with E-state index >= 15 is 0 Å². The predicted octanol–water partition coefficient (Wildman–Crippen LogP) is 1.16. The van der Waals surface area contributed by atoms with Gasteiger partial charge in [-0.15, -0.1) is 0 Å². The second kappa shape index (κ2) is 6.23. The van der Waals surface area contributed by atoms with E-state index in [4.69, 9.17) is 4.74 Å². The lowest BCUT2D eigenvalue weighted by atomic mass is 10.0. The van der Waals surface area contributed by atoms with Gasteiger partial charge in [-0.25, -0.2) is 4.79 Å². The number of likely N-dealkylation sites (tertiary alicyclic amines) is 2. The Balaban J connectivity index is 1.86. The smallest absolute Gasteiger partial charge is 0.409 e. The number of rotatable bonds is 3. The minimum Gasteiger partial charge on any atom is -0.480 e. The van der Waals surface area contributed by atoms with Crippen molar-refractivity contribution >= 4 is 12.1 Å². The molecule has 6 heteroatoms. The van der Waals surface area contributed by atoms with Crippen molar-refractivity contribution in [2.45, 2.75) is 44.7 Å². The number of hydrogen-bond acceptors (Lipinski definition) is 4. The van der Waals surface area contributed by atoms with Crippen LogP contribution in [0.3, 0.4) is 0 Å². The molecule has 6 nitrogen and oxygen atoms in total. The zero-order valence-corrected chi connectivity index (χ0v) is 11.4. The number of amides is 1. The van der Waals surface area contributed by atoms with Gasteiger partial charge in [0.25, 0.3) is 0 Å². The van der Waals surface area contributed by atoms with Crippen LogP contribution < -0.4 is 0 Å². The minimum atomic E-state index is -0.717. The number of nitrogens with zero attached hydrogens (tertiary/aromatic N) is 2. The van der Waals surface area contributed by atoms with Crippen LogP contribution >= 0.6 is 0 Å². The first-order valence-corrected chi connectivity index (χ1v) is 7.03. The Morgan fingerprint density at radius 2 is 1.89 bits per heavy atom. The first-order valence-electron chi connectivity index (χ1n) is 7.03. The van der Waals surface area contributed by atoms with Crippen molar-refractivity contribution in [1.29, 1.82) is 0 Å². The Morgan fingerprint density at radius 1 is 1.21 bits per heavy atom. The van der Waals surface area contributed by atoms with Crippen LogP contribution in [0, 0.1) is 0 Å². The van der Waals surface area contributed by atoms with E-state index < -0.39 is 5.97 Å². The Hall–Kier alpha value is -1.30. The molecule has 19 heavy (non-hydrogen) atoms. The molecule has 1 unspecified atom stereocenters. The Morgan fingerprint density at radius 3 is 2.47 bits per heavy atom. The second-order valence-electron chi connectivity index (χ2n) is 5.15. The highest BCUT2D eigenvalue weighted by molar-refractivity contribution is 5.73. The molecule has 108 valence electrons. The molecular weight excluding hydrogens is 248 g/mol. The number of carbonyl (C=O) groups is 2. The summed E-state index contributed by atoms with van der Waals surface area (Å²) in [5, 5.41) is 9.20. The van der Waals surface area contributed by atoms with Gasteiger partial charge in [-0.2, -0.15) is 0 Å². The molecule has 2 aliphatic heterocycles. The van der Waals surface area contributed by atoms with Crippen molar-refractivity contribution in [2.24, 2.45) is 0 Å². The van der Waals surface area contributed by atoms with Gasteiger partial charge >= 0.3 is 12.1 Å². The maximum Gasteiger partial charge on any atom is 0.409 e. The third-order valence-electron chi connectivity index (χ3n) is 4.04. The molecule has 0 spiro atoms. The van der Waals surface area contributed by atoms with E-state index in [1.54, 1.807) is 11.8 Å². The summed E-state index contributed by atoms with van der Waals surface area (Å²) in [7, 11) is 0. The summed E-state index contributed by atoms with van der Waals surface area (Å²) in [5.74, 6) is -0.717. The molecule has 0 radical (unpaired) electrons. The van der Waals surface area contributed by atoms with Gasteiger partial charge in [0.15, 0.2) is 0 Å². The lowest BCUT2D eigenvalue weighted by Gasteiger charge is -2.37. The van der Waals surface area contributed by atoms with Gasteiger partial charge in [-0.05, 0) is 39.2 Å². The van der Waals surface area contributed by atoms with E-state index in [0.717, 1.165) is 32.2 Å². The van der Waals surface area contributed by atoms with Crippen molar-refractivity contribution in [3.05, 3.63) is 0 Å². The maximum absolute atomic E-state index is 11.6. The van der Waals surface area contributed by atoms with Gasteiger partial charge in [0.2, 0.25) is 0 Å². The second-order valence-corrected chi connectivity index (χ2v) is 5.15. The first-order chi connectivity index (χ1) is 9.13. The molecule has 1 N–H and O–H groups in total. The van der Waals surface area contributed by atoms with Crippen molar-refractivity contribution < 1.29 is 19.4 Å². The van der Waals surface area contributed by atoms with Gasteiger partial charge in [0.05, 0.1) is 6.61 Å². The van der Waals surface area contributed by atoms with E-state index in [-0.39, 0.29) is 18.2 Å². The van der Waals surface area contributed by atoms with Crippen LogP contribution in [-0.2, 0) is 9.53 Å². The molecule has 0 saturated carbocycles. The average Bonchev–Trinajstić information content (AvgIpc) is 2.88. The van der Waals surface area contributed by atoms with Gasteiger partial charge < -0.3 is 14.7 Å². The molecular formula is C13H22N2O4. The predicted molar refractivity (Wildman–Crippen MR) is 69.0 cm³/mol. The van der Waals surface area contributed by atoms with Crippen molar-refractivity contribution in [3.63, 3.8) is 0 Å². The van der Waals surface area contributed by atoms with Crippen LogP contribution in [0.5, 0.6) is 0 Å². The van der Waals surface area contributed by atoms with Crippen LogP contribution in [-0.4, -0.2) is 65.3 Å².